The summed E-state index contributed by atoms with van der Waals surface area (Å²) in [5.41, 5.74) is 0. The van der Waals surface area contributed by atoms with Crippen molar-refractivity contribution in [2.24, 2.45) is 0 Å². The lowest BCUT2D eigenvalue weighted by Gasteiger charge is -2.32. The number of piperidine rings is 1. The zero-order valence-corrected chi connectivity index (χ0v) is 11.1. The molecule has 1 amide bonds. The Morgan fingerprint density at radius 3 is 3.06 bits per heavy atom. The topological polar surface area (TPSA) is 49.6 Å². The van der Waals surface area contributed by atoms with Crippen LogP contribution in [-0.4, -0.2) is 54.0 Å². The quantitative estimate of drug-likeness (QED) is 0.712. The van der Waals surface area contributed by atoms with E-state index in [0.717, 1.165) is 32.1 Å². The van der Waals surface area contributed by atoms with Crippen LogP contribution in [0.15, 0.2) is 0 Å². The molecule has 5 nitrogen and oxygen atoms in total. The fourth-order valence-electron chi connectivity index (χ4n) is 2.85. The SMILES string of the molecule is CC(CCC1CCCC[N+]1=O)N1CCOCC1=O. The van der Waals surface area contributed by atoms with Gasteiger partial charge in [0.15, 0.2) is 6.54 Å². The Morgan fingerprint density at radius 1 is 1.50 bits per heavy atom. The number of rotatable bonds is 4. The second-order valence-corrected chi connectivity index (χ2v) is 5.36. The molecular formula is C13H23N2O3+. The summed E-state index contributed by atoms with van der Waals surface area (Å²) in [7, 11) is 0. The first-order valence-corrected chi connectivity index (χ1v) is 6.99. The zero-order chi connectivity index (χ0) is 13.0. The first-order valence-electron chi connectivity index (χ1n) is 6.99. The molecule has 0 N–H and O–H groups in total. The second kappa shape index (κ2) is 6.27. The van der Waals surface area contributed by atoms with Crippen LogP contribution in [0, 0.1) is 4.91 Å². The van der Waals surface area contributed by atoms with Crippen LogP contribution >= 0.6 is 0 Å². The van der Waals surface area contributed by atoms with Crippen LogP contribution in [0.3, 0.4) is 0 Å². The molecule has 0 radical (unpaired) electrons. The van der Waals surface area contributed by atoms with E-state index in [1.54, 1.807) is 0 Å². The van der Waals surface area contributed by atoms with E-state index in [4.69, 9.17) is 4.74 Å². The van der Waals surface area contributed by atoms with Crippen LogP contribution < -0.4 is 0 Å². The number of nitroso groups, excluding NO2 is 1. The maximum Gasteiger partial charge on any atom is 0.248 e. The van der Waals surface area contributed by atoms with Gasteiger partial charge in [-0.05, 0) is 19.8 Å². The van der Waals surface area contributed by atoms with Crippen molar-refractivity contribution in [3.8, 4) is 0 Å². The van der Waals surface area contributed by atoms with Crippen molar-refractivity contribution in [2.75, 3.05) is 26.3 Å². The van der Waals surface area contributed by atoms with Gasteiger partial charge in [-0.15, -0.1) is 0 Å². The molecule has 0 bridgehead atoms. The summed E-state index contributed by atoms with van der Waals surface area (Å²) >= 11 is 0. The van der Waals surface area contributed by atoms with Gasteiger partial charge in [-0.25, -0.2) is 0 Å². The molecule has 18 heavy (non-hydrogen) atoms. The van der Waals surface area contributed by atoms with E-state index in [1.165, 1.54) is 4.76 Å². The van der Waals surface area contributed by atoms with Crippen molar-refractivity contribution < 1.29 is 14.3 Å². The molecule has 2 saturated heterocycles. The van der Waals surface area contributed by atoms with Crippen molar-refractivity contribution in [3.63, 3.8) is 0 Å². The number of amides is 1. The molecule has 0 aromatic rings. The van der Waals surface area contributed by atoms with E-state index >= 15 is 0 Å². The smallest absolute Gasteiger partial charge is 0.248 e. The Hall–Kier alpha value is -0.970. The van der Waals surface area contributed by atoms with Crippen LogP contribution in [0.4, 0.5) is 0 Å². The largest absolute Gasteiger partial charge is 0.370 e. The standard InChI is InChI=1S/C13H23N2O3/c1-11(14-8-9-18-10-13(14)16)5-6-12-4-2-3-7-15(12)17/h11-12H,2-10H2,1H3/q+1. The Bertz CT molecular complexity index is 319. The van der Waals surface area contributed by atoms with Crippen LogP contribution in [0.5, 0.6) is 0 Å². The van der Waals surface area contributed by atoms with Gasteiger partial charge in [0.25, 0.3) is 0 Å². The third-order valence-electron chi connectivity index (χ3n) is 4.05. The van der Waals surface area contributed by atoms with Gasteiger partial charge >= 0.3 is 0 Å². The zero-order valence-electron chi connectivity index (χ0n) is 11.1. The minimum Gasteiger partial charge on any atom is -0.370 e. The average Bonchev–Trinajstić information content (AvgIpc) is 2.38. The van der Waals surface area contributed by atoms with E-state index in [0.29, 0.717) is 19.7 Å². The maximum absolute atomic E-state index is 11.7. The van der Waals surface area contributed by atoms with Gasteiger partial charge in [-0.3, -0.25) is 4.79 Å². The molecule has 0 aliphatic carbocycles. The highest BCUT2D eigenvalue weighted by Gasteiger charge is 2.30. The fraction of sp³-hybridized carbons (Fsp3) is 0.923. The summed E-state index contributed by atoms with van der Waals surface area (Å²) in [6.07, 6.45) is 5.00. The summed E-state index contributed by atoms with van der Waals surface area (Å²) in [6, 6.07) is 0.383. The van der Waals surface area contributed by atoms with E-state index < -0.39 is 0 Å². The second-order valence-electron chi connectivity index (χ2n) is 5.36. The third-order valence-corrected chi connectivity index (χ3v) is 4.05. The van der Waals surface area contributed by atoms with Crippen LogP contribution in [-0.2, 0) is 9.53 Å². The highest BCUT2D eigenvalue weighted by Crippen LogP contribution is 2.19. The van der Waals surface area contributed by atoms with Crippen LogP contribution in [0.1, 0.15) is 39.0 Å². The fourth-order valence-corrected chi connectivity index (χ4v) is 2.85. The van der Waals surface area contributed by atoms with Gasteiger partial charge in [-0.1, -0.05) is 0 Å². The Kier molecular flexibility index (Phi) is 4.69. The molecule has 2 atom stereocenters. The normalized spacial score (nSPS) is 27.4. The summed E-state index contributed by atoms with van der Waals surface area (Å²) < 4.78 is 6.36. The summed E-state index contributed by atoms with van der Waals surface area (Å²) in [5.74, 6) is 0.0800. The molecule has 2 aliphatic rings. The van der Waals surface area contributed by atoms with Crippen molar-refractivity contribution >= 4 is 5.91 Å². The van der Waals surface area contributed by atoms with Crippen molar-refractivity contribution in [1.29, 1.82) is 0 Å². The average molecular weight is 255 g/mol. The molecule has 0 saturated carbocycles. The predicted octanol–water partition coefficient (Wildman–Crippen LogP) is 1.35. The lowest BCUT2D eigenvalue weighted by Crippen LogP contribution is -2.47. The molecule has 2 unspecified atom stereocenters. The van der Waals surface area contributed by atoms with Gasteiger partial charge < -0.3 is 9.64 Å². The van der Waals surface area contributed by atoms with E-state index in [2.05, 4.69) is 6.92 Å². The molecular weight excluding hydrogens is 232 g/mol. The van der Waals surface area contributed by atoms with Crippen molar-refractivity contribution in [1.82, 2.24) is 4.90 Å². The number of carbonyl (C=O) groups excluding carboxylic acids is 1. The minimum absolute atomic E-state index is 0.0800. The highest BCUT2D eigenvalue weighted by molar-refractivity contribution is 5.78. The number of hydrogen-bond donors (Lipinski definition) is 0. The van der Waals surface area contributed by atoms with Crippen LogP contribution in [0.25, 0.3) is 0 Å². The number of ether oxygens (including phenoxy) is 1. The van der Waals surface area contributed by atoms with Crippen LogP contribution in [0.2, 0.25) is 0 Å². The minimum atomic E-state index is 0.0800. The third kappa shape index (κ3) is 3.28. The molecule has 2 heterocycles. The van der Waals surface area contributed by atoms with E-state index in [-0.39, 0.29) is 24.6 Å². The van der Waals surface area contributed by atoms with Gasteiger partial charge in [-0.2, -0.15) is 0 Å². The monoisotopic (exact) mass is 255 g/mol. The number of carbonyl (C=O) groups is 1. The molecule has 2 fully saturated rings. The van der Waals surface area contributed by atoms with Gasteiger partial charge in [0, 0.05) is 41.5 Å². The molecule has 102 valence electrons. The molecule has 0 spiro atoms. The van der Waals surface area contributed by atoms with Crippen molar-refractivity contribution in [3.05, 3.63) is 4.91 Å². The Labute approximate surface area is 108 Å². The maximum atomic E-state index is 11.7. The Morgan fingerprint density at radius 2 is 2.33 bits per heavy atom. The van der Waals surface area contributed by atoms with Gasteiger partial charge in [0.2, 0.25) is 11.9 Å². The summed E-state index contributed by atoms with van der Waals surface area (Å²) in [5, 5.41) is 0. The van der Waals surface area contributed by atoms with E-state index in [1.807, 2.05) is 4.90 Å². The number of nitrogens with zero attached hydrogens (tertiary/aromatic N) is 2. The molecule has 5 heteroatoms. The summed E-state index contributed by atoms with van der Waals surface area (Å²) in [4.78, 5) is 25.2. The lowest BCUT2D eigenvalue weighted by atomic mass is 9.98. The Balaban J connectivity index is 1.78. The molecule has 0 aromatic heterocycles. The van der Waals surface area contributed by atoms with Crippen molar-refractivity contribution in [2.45, 2.75) is 51.1 Å². The highest BCUT2D eigenvalue weighted by atomic mass is 16.5. The first-order chi connectivity index (χ1) is 8.68. The molecule has 2 aliphatic heterocycles. The van der Waals surface area contributed by atoms with Gasteiger partial charge in [0.05, 0.1) is 6.61 Å². The summed E-state index contributed by atoms with van der Waals surface area (Å²) in [6.45, 7) is 4.27. The first kappa shape index (κ1) is 13.5. The van der Waals surface area contributed by atoms with Gasteiger partial charge in [0.1, 0.15) is 6.61 Å². The molecule has 0 aromatic carbocycles. The number of morpholine rings is 1. The van der Waals surface area contributed by atoms with E-state index in [9.17, 15) is 9.70 Å². The predicted molar refractivity (Wildman–Crippen MR) is 67.4 cm³/mol. The number of hydrogen-bond acceptors (Lipinski definition) is 3. The lowest BCUT2D eigenvalue weighted by molar-refractivity contribution is -0.596. The molecule has 2 rings (SSSR count).